The molecule has 0 aliphatic carbocycles. The Balaban J connectivity index is 1.48. The van der Waals surface area contributed by atoms with Gasteiger partial charge in [0.25, 0.3) is 5.69 Å². The highest BCUT2D eigenvalue weighted by atomic mass is 32.2. The molecule has 0 radical (unpaired) electrons. The summed E-state index contributed by atoms with van der Waals surface area (Å²) in [5, 5.41) is 20.0. The summed E-state index contributed by atoms with van der Waals surface area (Å²) in [6, 6.07) is 6.69. The Labute approximate surface area is 141 Å². The van der Waals surface area contributed by atoms with Gasteiger partial charge in [-0.05, 0) is 12.0 Å². The van der Waals surface area contributed by atoms with Gasteiger partial charge in [0.15, 0.2) is 4.34 Å². The first-order valence-electron chi connectivity index (χ1n) is 7.25. The molecule has 0 bridgehead atoms. The van der Waals surface area contributed by atoms with Crippen LogP contribution in [0.2, 0.25) is 0 Å². The van der Waals surface area contributed by atoms with Crippen LogP contribution in [0.4, 0.5) is 10.8 Å². The van der Waals surface area contributed by atoms with Crippen LogP contribution in [0.3, 0.4) is 0 Å². The number of nitro benzene ring substituents is 1. The summed E-state index contributed by atoms with van der Waals surface area (Å²) in [5.74, 6) is 0.871. The lowest BCUT2D eigenvalue weighted by Gasteiger charge is -2.25. The molecule has 1 fully saturated rings. The van der Waals surface area contributed by atoms with E-state index in [1.807, 2.05) is 0 Å². The average Bonchev–Trinajstić information content (AvgIpc) is 3.05. The lowest BCUT2D eigenvalue weighted by Crippen LogP contribution is -2.36. The third-order valence-electron chi connectivity index (χ3n) is 3.44. The lowest BCUT2D eigenvalue weighted by atomic mass is 10.1. The molecule has 9 heteroatoms. The summed E-state index contributed by atoms with van der Waals surface area (Å²) >= 11 is 3.27. The summed E-state index contributed by atoms with van der Waals surface area (Å²) in [6.45, 7) is 3.20. The fraction of sp³-hybridized carbons (Fsp3) is 0.429. The highest BCUT2D eigenvalue weighted by molar-refractivity contribution is 8.01. The smallest absolute Gasteiger partial charge is 0.269 e. The van der Waals surface area contributed by atoms with Crippen LogP contribution in [0.1, 0.15) is 5.56 Å². The second kappa shape index (κ2) is 7.71. The van der Waals surface area contributed by atoms with Gasteiger partial charge in [-0.25, -0.2) is 0 Å². The van der Waals surface area contributed by atoms with Crippen molar-refractivity contribution in [1.82, 2.24) is 10.2 Å². The number of nitro groups is 1. The first-order chi connectivity index (χ1) is 11.2. The fourth-order valence-electron chi connectivity index (χ4n) is 2.18. The number of rotatable bonds is 6. The Bertz CT molecular complexity index is 656. The minimum absolute atomic E-state index is 0.126. The maximum absolute atomic E-state index is 10.6. The van der Waals surface area contributed by atoms with Crippen LogP contribution < -0.4 is 4.90 Å². The molecule has 0 unspecified atom stereocenters. The van der Waals surface area contributed by atoms with E-state index >= 15 is 0 Å². The van der Waals surface area contributed by atoms with Crippen molar-refractivity contribution in [3.63, 3.8) is 0 Å². The molecule has 2 aromatic rings. The highest BCUT2D eigenvalue weighted by Crippen LogP contribution is 2.29. The molecular formula is C14H16N4O3S2. The standard InChI is InChI=1S/C14H16N4O3S2/c19-18(20)12-3-1-11(2-4-12)5-10-22-14-16-15-13(23-14)17-6-8-21-9-7-17/h1-4H,5-10H2. The van der Waals surface area contributed by atoms with Gasteiger partial charge in [0, 0.05) is 31.0 Å². The van der Waals surface area contributed by atoms with Gasteiger partial charge in [-0.3, -0.25) is 10.1 Å². The van der Waals surface area contributed by atoms with Gasteiger partial charge < -0.3 is 9.64 Å². The number of aromatic nitrogens is 2. The van der Waals surface area contributed by atoms with E-state index in [0.29, 0.717) is 0 Å². The van der Waals surface area contributed by atoms with Crippen molar-refractivity contribution >= 4 is 33.9 Å². The number of morpholine rings is 1. The van der Waals surface area contributed by atoms with Crippen LogP contribution >= 0.6 is 23.1 Å². The molecule has 1 aromatic heterocycles. The van der Waals surface area contributed by atoms with E-state index in [1.165, 1.54) is 0 Å². The topological polar surface area (TPSA) is 81.4 Å². The molecule has 3 rings (SSSR count). The second-order valence-electron chi connectivity index (χ2n) is 4.97. The van der Waals surface area contributed by atoms with Crippen LogP contribution in [0.5, 0.6) is 0 Å². The Hall–Kier alpha value is -1.71. The Morgan fingerprint density at radius 3 is 2.70 bits per heavy atom. The average molecular weight is 352 g/mol. The predicted octanol–water partition coefficient (Wildman–Crippen LogP) is 2.62. The van der Waals surface area contributed by atoms with E-state index in [0.717, 1.165) is 53.5 Å². The number of nitrogens with zero attached hydrogens (tertiary/aromatic N) is 4. The summed E-state index contributed by atoms with van der Waals surface area (Å²) in [6.07, 6.45) is 0.842. The van der Waals surface area contributed by atoms with Gasteiger partial charge in [0.1, 0.15) is 0 Å². The van der Waals surface area contributed by atoms with Crippen molar-refractivity contribution < 1.29 is 9.66 Å². The van der Waals surface area contributed by atoms with Crippen molar-refractivity contribution in [3.05, 3.63) is 39.9 Å². The molecule has 2 heterocycles. The number of hydrogen-bond acceptors (Lipinski definition) is 8. The van der Waals surface area contributed by atoms with Crippen LogP contribution in [0.15, 0.2) is 28.6 Å². The Morgan fingerprint density at radius 2 is 2.00 bits per heavy atom. The largest absolute Gasteiger partial charge is 0.378 e. The van der Waals surface area contributed by atoms with Crippen LogP contribution in [-0.2, 0) is 11.2 Å². The van der Waals surface area contributed by atoms with Crippen molar-refractivity contribution in [2.45, 2.75) is 10.8 Å². The maximum Gasteiger partial charge on any atom is 0.269 e. The van der Waals surface area contributed by atoms with E-state index in [1.54, 1.807) is 47.4 Å². The van der Waals surface area contributed by atoms with Crippen molar-refractivity contribution in [2.75, 3.05) is 37.0 Å². The van der Waals surface area contributed by atoms with Crippen molar-refractivity contribution in [2.24, 2.45) is 0 Å². The number of hydrogen-bond donors (Lipinski definition) is 0. The van der Waals surface area contributed by atoms with E-state index in [9.17, 15) is 10.1 Å². The zero-order chi connectivity index (χ0) is 16.1. The van der Waals surface area contributed by atoms with E-state index in [4.69, 9.17) is 4.74 Å². The molecule has 0 amide bonds. The number of non-ortho nitro benzene ring substituents is 1. The van der Waals surface area contributed by atoms with Gasteiger partial charge in [-0.2, -0.15) is 0 Å². The van der Waals surface area contributed by atoms with Gasteiger partial charge in [0.2, 0.25) is 5.13 Å². The normalized spacial score (nSPS) is 14.9. The molecule has 0 spiro atoms. The third kappa shape index (κ3) is 4.40. The molecular weight excluding hydrogens is 336 g/mol. The van der Waals surface area contributed by atoms with E-state index in [-0.39, 0.29) is 10.6 Å². The van der Waals surface area contributed by atoms with Crippen molar-refractivity contribution in [3.8, 4) is 0 Å². The first kappa shape index (κ1) is 16.2. The van der Waals surface area contributed by atoms with Crippen LogP contribution in [0, 0.1) is 10.1 Å². The number of thioether (sulfide) groups is 1. The summed E-state index contributed by atoms with van der Waals surface area (Å²) in [7, 11) is 0. The lowest BCUT2D eigenvalue weighted by molar-refractivity contribution is -0.384. The number of ether oxygens (including phenoxy) is 1. The molecule has 0 atom stereocenters. The summed E-state index contributed by atoms with van der Waals surface area (Å²) in [5.41, 5.74) is 1.21. The van der Waals surface area contributed by atoms with Gasteiger partial charge in [-0.15, -0.1) is 10.2 Å². The molecule has 1 aromatic carbocycles. The number of aryl methyl sites for hydroxylation is 1. The fourth-order valence-corrected chi connectivity index (χ4v) is 4.14. The Morgan fingerprint density at radius 1 is 1.26 bits per heavy atom. The van der Waals surface area contributed by atoms with Crippen molar-refractivity contribution in [1.29, 1.82) is 0 Å². The maximum atomic E-state index is 10.6. The minimum Gasteiger partial charge on any atom is -0.378 e. The van der Waals surface area contributed by atoms with E-state index < -0.39 is 0 Å². The molecule has 23 heavy (non-hydrogen) atoms. The highest BCUT2D eigenvalue weighted by Gasteiger charge is 2.15. The molecule has 1 aliphatic rings. The summed E-state index contributed by atoms with van der Waals surface area (Å²) < 4.78 is 6.28. The van der Waals surface area contributed by atoms with E-state index in [2.05, 4.69) is 15.1 Å². The first-order valence-corrected chi connectivity index (χ1v) is 9.05. The molecule has 122 valence electrons. The molecule has 7 nitrogen and oxygen atoms in total. The van der Waals surface area contributed by atoms with Gasteiger partial charge >= 0.3 is 0 Å². The molecule has 1 saturated heterocycles. The van der Waals surface area contributed by atoms with Gasteiger partial charge in [0.05, 0.1) is 18.1 Å². The zero-order valence-corrected chi connectivity index (χ0v) is 14.0. The molecule has 0 N–H and O–H groups in total. The molecule has 0 saturated carbocycles. The zero-order valence-electron chi connectivity index (χ0n) is 12.4. The summed E-state index contributed by atoms with van der Waals surface area (Å²) in [4.78, 5) is 12.4. The number of anilines is 1. The Kier molecular flexibility index (Phi) is 5.42. The van der Waals surface area contributed by atoms with Crippen LogP contribution in [0.25, 0.3) is 0 Å². The SMILES string of the molecule is O=[N+]([O-])c1ccc(CCSc2nnc(N3CCOCC3)s2)cc1. The molecule has 1 aliphatic heterocycles. The van der Waals surface area contributed by atoms with Crippen LogP contribution in [-0.4, -0.2) is 47.2 Å². The minimum atomic E-state index is -0.382. The number of benzene rings is 1. The third-order valence-corrected chi connectivity index (χ3v) is 5.56. The second-order valence-corrected chi connectivity index (χ2v) is 7.27. The predicted molar refractivity (Wildman–Crippen MR) is 90.5 cm³/mol. The van der Waals surface area contributed by atoms with Gasteiger partial charge in [-0.1, -0.05) is 35.2 Å². The monoisotopic (exact) mass is 352 g/mol. The quantitative estimate of drug-likeness (QED) is 0.449.